The van der Waals surface area contributed by atoms with Gasteiger partial charge in [0.2, 0.25) is 11.8 Å². The molecule has 2 aromatic rings. The summed E-state index contributed by atoms with van der Waals surface area (Å²) in [7, 11) is 0. The van der Waals surface area contributed by atoms with Gasteiger partial charge in [-0.15, -0.1) is 21.8 Å². The third-order valence-electron chi connectivity index (χ3n) is 2.25. The number of aromatic nitrogens is 2. The lowest BCUT2D eigenvalue weighted by Crippen LogP contribution is -2.03. The Morgan fingerprint density at radius 2 is 1.79 bits per heavy atom. The van der Waals surface area contributed by atoms with Gasteiger partial charge in [0.05, 0.1) is 5.56 Å². The van der Waals surface area contributed by atoms with Crippen LogP contribution >= 0.6 is 11.6 Å². The van der Waals surface area contributed by atoms with E-state index in [2.05, 4.69) is 10.2 Å². The maximum Gasteiger partial charge on any atom is 0.416 e. The molecule has 0 saturated carbocycles. The largest absolute Gasteiger partial charge is 0.420 e. The second-order valence-corrected chi connectivity index (χ2v) is 3.89. The molecule has 0 fully saturated rings. The first-order valence-electron chi connectivity index (χ1n) is 5.23. The quantitative estimate of drug-likeness (QED) is 0.801. The van der Waals surface area contributed by atoms with Crippen LogP contribution in [0.15, 0.2) is 28.7 Å². The number of hydrogen-bond acceptors (Lipinski definition) is 3. The second-order valence-electron chi connectivity index (χ2n) is 3.62. The van der Waals surface area contributed by atoms with E-state index in [1.807, 2.05) is 0 Å². The van der Waals surface area contributed by atoms with Gasteiger partial charge in [0.1, 0.15) is 5.88 Å². The molecule has 3 nitrogen and oxygen atoms in total. The highest BCUT2D eigenvalue weighted by atomic mass is 35.5. The minimum absolute atomic E-state index is 0.112. The van der Waals surface area contributed by atoms with Crippen molar-refractivity contribution in [2.45, 2.75) is 12.1 Å². The molecule has 0 atom stereocenters. The van der Waals surface area contributed by atoms with Crippen LogP contribution in [0.2, 0.25) is 0 Å². The Hall–Kier alpha value is -1.82. The molecule has 2 rings (SSSR count). The van der Waals surface area contributed by atoms with Crippen molar-refractivity contribution in [1.82, 2.24) is 10.2 Å². The molecule has 0 unspecified atom stereocenters. The third-order valence-corrected chi connectivity index (χ3v) is 2.48. The van der Waals surface area contributed by atoms with Gasteiger partial charge in [-0.3, -0.25) is 0 Å². The molecule has 7 heteroatoms. The Bertz CT molecular complexity index is 575. The van der Waals surface area contributed by atoms with Crippen molar-refractivity contribution in [1.29, 1.82) is 0 Å². The van der Waals surface area contributed by atoms with Crippen LogP contribution in [0.3, 0.4) is 0 Å². The van der Waals surface area contributed by atoms with Crippen LogP contribution in [0.1, 0.15) is 22.9 Å². The number of hydrogen-bond donors (Lipinski definition) is 0. The summed E-state index contributed by atoms with van der Waals surface area (Å²) in [6.45, 7) is 0. The number of benzene rings is 1. The highest BCUT2D eigenvalue weighted by Crippen LogP contribution is 2.29. The van der Waals surface area contributed by atoms with Gasteiger partial charge in [0, 0.05) is 6.08 Å². The van der Waals surface area contributed by atoms with Crippen molar-refractivity contribution < 1.29 is 17.6 Å². The zero-order valence-corrected chi connectivity index (χ0v) is 10.2. The van der Waals surface area contributed by atoms with E-state index in [4.69, 9.17) is 16.0 Å². The lowest BCUT2D eigenvalue weighted by atomic mass is 10.1. The van der Waals surface area contributed by atoms with Gasteiger partial charge in [-0.1, -0.05) is 12.1 Å². The van der Waals surface area contributed by atoms with Crippen LogP contribution in [0.5, 0.6) is 0 Å². The first-order chi connectivity index (χ1) is 8.99. The summed E-state index contributed by atoms with van der Waals surface area (Å²) in [6.07, 6.45) is -1.25. The molecular weight excluding hydrogens is 281 g/mol. The minimum atomic E-state index is -4.33. The topological polar surface area (TPSA) is 38.9 Å². The summed E-state index contributed by atoms with van der Waals surface area (Å²) < 4.78 is 42.2. The van der Waals surface area contributed by atoms with Crippen LogP contribution in [0.4, 0.5) is 13.2 Å². The lowest BCUT2D eigenvalue weighted by Gasteiger charge is -2.05. The Morgan fingerprint density at radius 1 is 1.11 bits per heavy atom. The highest BCUT2D eigenvalue weighted by molar-refractivity contribution is 6.16. The van der Waals surface area contributed by atoms with E-state index in [1.54, 1.807) is 6.08 Å². The summed E-state index contributed by atoms with van der Waals surface area (Å²) in [4.78, 5) is 0. The van der Waals surface area contributed by atoms with Gasteiger partial charge >= 0.3 is 6.18 Å². The van der Waals surface area contributed by atoms with Crippen molar-refractivity contribution in [3.8, 4) is 0 Å². The van der Waals surface area contributed by atoms with Gasteiger partial charge in [-0.05, 0) is 23.8 Å². The zero-order chi connectivity index (χ0) is 13.9. The van der Waals surface area contributed by atoms with E-state index < -0.39 is 11.7 Å². The summed E-state index contributed by atoms with van der Waals surface area (Å²) in [5, 5.41) is 7.34. The average Bonchev–Trinajstić information content (AvgIpc) is 2.84. The molecule has 19 heavy (non-hydrogen) atoms. The van der Waals surface area contributed by atoms with E-state index in [1.165, 1.54) is 18.2 Å². The van der Waals surface area contributed by atoms with E-state index in [9.17, 15) is 13.2 Å². The fourth-order valence-electron chi connectivity index (χ4n) is 1.34. The maximum atomic E-state index is 12.3. The van der Waals surface area contributed by atoms with Crippen molar-refractivity contribution in [3.63, 3.8) is 0 Å². The molecular formula is C12H8ClF3N2O. The fourth-order valence-corrected chi connectivity index (χ4v) is 1.45. The SMILES string of the molecule is FC(F)(F)c1ccc(/C=C/c2nnc(CCl)o2)cc1. The molecule has 1 aromatic heterocycles. The molecule has 0 N–H and O–H groups in total. The van der Waals surface area contributed by atoms with E-state index >= 15 is 0 Å². The van der Waals surface area contributed by atoms with Gasteiger partial charge in [0.15, 0.2) is 0 Å². The van der Waals surface area contributed by atoms with Crippen LogP contribution in [-0.2, 0) is 12.1 Å². The van der Waals surface area contributed by atoms with E-state index in [0.717, 1.165) is 12.1 Å². The Kier molecular flexibility index (Phi) is 3.90. The molecule has 0 aliphatic heterocycles. The first-order valence-corrected chi connectivity index (χ1v) is 5.76. The Balaban J connectivity index is 2.11. The molecule has 0 aliphatic rings. The van der Waals surface area contributed by atoms with Gasteiger partial charge < -0.3 is 4.42 Å². The molecule has 100 valence electrons. The minimum Gasteiger partial charge on any atom is -0.420 e. The van der Waals surface area contributed by atoms with E-state index in [-0.39, 0.29) is 17.7 Å². The lowest BCUT2D eigenvalue weighted by molar-refractivity contribution is -0.137. The smallest absolute Gasteiger partial charge is 0.416 e. The number of nitrogens with zero attached hydrogens (tertiary/aromatic N) is 2. The molecule has 1 heterocycles. The molecule has 0 aliphatic carbocycles. The van der Waals surface area contributed by atoms with Crippen LogP contribution in [0, 0.1) is 0 Å². The molecule has 0 saturated heterocycles. The average molecular weight is 289 g/mol. The Morgan fingerprint density at radius 3 is 2.32 bits per heavy atom. The van der Waals surface area contributed by atoms with Crippen molar-refractivity contribution >= 4 is 23.8 Å². The maximum absolute atomic E-state index is 12.3. The summed E-state index contributed by atoms with van der Waals surface area (Å²) in [5.74, 6) is 0.644. The molecule has 0 amide bonds. The Labute approximate surface area is 111 Å². The third kappa shape index (κ3) is 3.57. The predicted octanol–water partition coefficient (Wildman–Crippen LogP) is 4.00. The van der Waals surface area contributed by atoms with Gasteiger partial charge in [-0.2, -0.15) is 13.2 Å². The monoisotopic (exact) mass is 288 g/mol. The predicted molar refractivity (Wildman–Crippen MR) is 64.2 cm³/mol. The first kappa shape index (κ1) is 13.6. The molecule has 0 radical (unpaired) electrons. The van der Waals surface area contributed by atoms with Gasteiger partial charge in [0.25, 0.3) is 0 Å². The summed E-state index contributed by atoms with van der Waals surface area (Å²) in [6, 6.07) is 4.74. The normalized spacial score (nSPS) is 12.2. The number of alkyl halides is 4. The molecule has 0 bridgehead atoms. The number of rotatable bonds is 3. The van der Waals surface area contributed by atoms with Gasteiger partial charge in [-0.25, -0.2) is 0 Å². The molecule has 0 spiro atoms. The fraction of sp³-hybridized carbons (Fsp3) is 0.167. The van der Waals surface area contributed by atoms with Crippen molar-refractivity contribution in [3.05, 3.63) is 47.2 Å². The van der Waals surface area contributed by atoms with Crippen molar-refractivity contribution in [2.75, 3.05) is 0 Å². The molecule has 1 aromatic carbocycles. The van der Waals surface area contributed by atoms with Crippen LogP contribution in [0.25, 0.3) is 12.2 Å². The second kappa shape index (κ2) is 5.44. The standard InChI is InChI=1S/C12H8ClF3N2O/c13-7-11-18-17-10(19-11)6-3-8-1-4-9(5-2-8)12(14,15)16/h1-6H,7H2/b6-3+. The summed E-state index contributed by atoms with van der Waals surface area (Å²) >= 11 is 5.49. The van der Waals surface area contributed by atoms with Crippen molar-refractivity contribution in [2.24, 2.45) is 0 Å². The number of halogens is 4. The zero-order valence-electron chi connectivity index (χ0n) is 9.49. The summed E-state index contributed by atoms with van der Waals surface area (Å²) in [5.41, 5.74) is -0.0921. The van der Waals surface area contributed by atoms with Crippen LogP contribution in [-0.4, -0.2) is 10.2 Å². The van der Waals surface area contributed by atoms with Crippen LogP contribution < -0.4 is 0 Å². The van der Waals surface area contributed by atoms with E-state index in [0.29, 0.717) is 5.56 Å². The highest BCUT2D eigenvalue weighted by Gasteiger charge is 2.29.